The van der Waals surface area contributed by atoms with Crippen molar-refractivity contribution >= 4 is 11.6 Å². The summed E-state index contributed by atoms with van der Waals surface area (Å²) in [4.78, 5) is 2.55. The Morgan fingerprint density at radius 2 is 2.10 bits per heavy atom. The van der Waals surface area contributed by atoms with Gasteiger partial charge in [-0.3, -0.25) is 4.90 Å². The molecule has 1 saturated heterocycles. The number of benzene rings is 1. The molecule has 1 fully saturated rings. The second-order valence-electron chi connectivity index (χ2n) is 6.34. The largest absolute Gasteiger partial charge is 0.326 e. The molecular formula is C17H27ClN2. The quantitative estimate of drug-likeness (QED) is 0.907. The molecule has 1 atom stereocenters. The van der Waals surface area contributed by atoms with E-state index in [2.05, 4.69) is 30.9 Å². The molecule has 0 aliphatic carbocycles. The molecule has 2 N–H and O–H groups in total. The van der Waals surface area contributed by atoms with Crippen LogP contribution in [0.2, 0.25) is 5.02 Å². The molecule has 1 aliphatic rings. The number of nitrogens with zero attached hydrogens (tertiary/aromatic N) is 1. The van der Waals surface area contributed by atoms with E-state index < -0.39 is 0 Å². The van der Waals surface area contributed by atoms with Gasteiger partial charge in [0.25, 0.3) is 0 Å². The lowest BCUT2D eigenvalue weighted by Crippen LogP contribution is -2.24. The predicted octanol–water partition coefficient (Wildman–Crippen LogP) is 4.06. The third kappa shape index (κ3) is 4.21. The molecule has 20 heavy (non-hydrogen) atoms. The Hall–Kier alpha value is -0.570. The molecule has 0 saturated carbocycles. The van der Waals surface area contributed by atoms with E-state index in [4.69, 9.17) is 17.3 Å². The van der Waals surface area contributed by atoms with E-state index in [1.165, 1.54) is 37.9 Å². The lowest BCUT2D eigenvalue weighted by atomic mass is 9.89. The maximum Gasteiger partial charge on any atom is 0.0454 e. The smallest absolute Gasteiger partial charge is 0.0454 e. The summed E-state index contributed by atoms with van der Waals surface area (Å²) in [5, 5.41) is 0.859. The molecule has 3 heteroatoms. The molecule has 2 rings (SSSR count). The number of hydrogen-bond donors (Lipinski definition) is 1. The van der Waals surface area contributed by atoms with Gasteiger partial charge in [-0.1, -0.05) is 37.6 Å². The van der Waals surface area contributed by atoms with E-state index in [0.717, 1.165) is 29.0 Å². The molecule has 0 radical (unpaired) electrons. The first kappa shape index (κ1) is 15.8. The summed E-state index contributed by atoms with van der Waals surface area (Å²) in [6, 6.07) is 6.23. The highest BCUT2D eigenvalue weighted by molar-refractivity contribution is 6.31. The van der Waals surface area contributed by atoms with Crippen LogP contribution in [-0.2, 0) is 13.1 Å². The molecule has 1 aromatic rings. The van der Waals surface area contributed by atoms with Gasteiger partial charge in [-0.25, -0.2) is 0 Å². The van der Waals surface area contributed by atoms with Crippen LogP contribution in [0.25, 0.3) is 0 Å². The van der Waals surface area contributed by atoms with Gasteiger partial charge in [-0.05, 0) is 61.4 Å². The number of nitrogens with two attached hydrogens (primary N) is 1. The Kier molecular flexibility index (Phi) is 5.88. The lowest BCUT2D eigenvalue weighted by Gasteiger charge is -2.22. The summed E-state index contributed by atoms with van der Waals surface area (Å²) in [5.74, 6) is 1.69. The Morgan fingerprint density at radius 3 is 2.75 bits per heavy atom. The number of hydrogen-bond acceptors (Lipinski definition) is 2. The van der Waals surface area contributed by atoms with E-state index >= 15 is 0 Å². The fourth-order valence-corrected chi connectivity index (χ4v) is 3.36. The zero-order valence-corrected chi connectivity index (χ0v) is 13.5. The van der Waals surface area contributed by atoms with Crippen molar-refractivity contribution in [3.05, 3.63) is 34.3 Å². The predicted molar refractivity (Wildman–Crippen MR) is 86.8 cm³/mol. The monoisotopic (exact) mass is 294 g/mol. The normalized spacial score (nSPS) is 21.1. The second kappa shape index (κ2) is 7.44. The van der Waals surface area contributed by atoms with Crippen molar-refractivity contribution < 1.29 is 0 Å². The summed E-state index contributed by atoms with van der Waals surface area (Å²) < 4.78 is 0. The molecule has 0 spiro atoms. The molecule has 1 unspecified atom stereocenters. The van der Waals surface area contributed by atoms with Gasteiger partial charge >= 0.3 is 0 Å². The average Bonchev–Trinajstić information content (AvgIpc) is 2.66. The third-order valence-corrected chi connectivity index (χ3v) is 4.91. The molecule has 1 aliphatic heterocycles. The van der Waals surface area contributed by atoms with Crippen LogP contribution in [0, 0.1) is 11.8 Å². The maximum atomic E-state index is 6.37. The standard InChI is InChI=1S/C17H27ClN2/c1-13(2)15-4-3-8-20(9-7-15)12-16-6-5-14(11-19)10-17(16)18/h5-6,10,13,15H,3-4,7-9,11-12,19H2,1-2H3. The first-order valence-electron chi connectivity index (χ1n) is 7.80. The highest BCUT2D eigenvalue weighted by Crippen LogP contribution is 2.26. The summed E-state index contributed by atoms with van der Waals surface area (Å²) in [5.41, 5.74) is 7.98. The van der Waals surface area contributed by atoms with Crippen molar-refractivity contribution in [2.24, 2.45) is 17.6 Å². The van der Waals surface area contributed by atoms with Crippen LogP contribution in [0.5, 0.6) is 0 Å². The van der Waals surface area contributed by atoms with Crippen molar-refractivity contribution in [3.63, 3.8) is 0 Å². The maximum absolute atomic E-state index is 6.37. The fraction of sp³-hybridized carbons (Fsp3) is 0.647. The summed E-state index contributed by atoms with van der Waals surface area (Å²) in [6.45, 7) is 8.61. The van der Waals surface area contributed by atoms with Crippen molar-refractivity contribution in [2.75, 3.05) is 13.1 Å². The van der Waals surface area contributed by atoms with Crippen molar-refractivity contribution in [1.82, 2.24) is 4.90 Å². The van der Waals surface area contributed by atoms with Gasteiger partial charge in [-0.2, -0.15) is 0 Å². The topological polar surface area (TPSA) is 29.3 Å². The Balaban J connectivity index is 1.96. The van der Waals surface area contributed by atoms with Gasteiger partial charge in [-0.15, -0.1) is 0 Å². The molecule has 2 nitrogen and oxygen atoms in total. The van der Waals surface area contributed by atoms with Gasteiger partial charge in [0.1, 0.15) is 0 Å². The zero-order chi connectivity index (χ0) is 14.5. The van der Waals surface area contributed by atoms with Crippen LogP contribution >= 0.6 is 11.6 Å². The lowest BCUT2D eigenvalue weighted by molar-refractivity contribution is 0.265. The van der Waals surface area contributed by atoms with E-state index in [1.54, 1.807) is 0 Å². The number of likely N-dealkylation sites (tertiary alicyclic amines) is 1. The van der Waals surface area contributed by atoms with Crippen molar-refractivity contribution in [1.29, 1.82) is 0 Å². The van der Waals surface area contributed by atoms with Crippen LogP contribution in [-0.4, -0.2) is 18.0 Å². The van der Waals surface area contributed by atoms with Crippen molar-refractivity contribution in [2.45, 2.75) is 46.2 Å². The van der Waals surface area contributed by atoms with Gasteiger partial charge in [0, 0.05) is 18.1 Å². The summed E-state index contributed by atoms with van der Waals surface area (Å²) in [7, 11) is 0. The first-order valence-corrected chi connectivity index (χ1v) is 8.17. The number of halogens is 1. The Bertz CT molecular complexity index is 431. The summed E-state index contributed by atoms with van der Waals surface area (Å²) in [6.07, 6.45) is 3.99. The minimum absolute atomic E-state index is 0.555. The molecule has 112 valence electrons. The zero-order valence-electron chi connectivity index (χ0n) is 12.7. The molecule has 0 amide bonds. The van der Waals surface area contributed by atoms with E-state index in [0.29, 0.717) is 6.54 Å². The van der Waals surface area contributed by atoms with Crippen LogP contribution in [0.1, 0.15) is 44.2 Å². The van der Waals surface area contributed by atoms with Gasteiger partial charge in [0.15, 0.2) is 0 Å². The van der Waals surface area contributed by atoms with Gasteiger partial charge in [0.2, 0.25) is 0 Å². The van der Waals surface area contributed by atoms with Gasteiger partial charge < -0.3 is 5.73 Å². The molecule has 0 aromatic heterocycles. The summed E-state index contributed by atoms with van der Waals surface area (Å²) >= 11 is 6.37. The van der Waals surface area contributed by atoms with E-state index in [1.807, 2.05) is 6.07 Å². The van der Waals surface area contributed by atoms with Crippen molar-refractivity contribution in [3.8, 4) is 0 Å². The van der Waals surface area contributed by atoms with Gasteiger partial charge in [0.05, 0.1) is 0 Å². The fourth-order valence-electron chi connectivity index (χ4n) is 3.09. The van der Waals surface area contributed by atoms with Crippen LogP contribution < -0.4 is 5.73 Å². The average molecular weight is 295 g/mol. The van der Waals surface area contributed by atoms with Crippen LogP contribution in [0.15, 0.2) is 18.2 Å². The second-order valence-corrected chi connectivity index (χ2v) is 6.75. The molecule has 1 heterocycles. The Morgan fingerprint density at radius 1 is 1.30 bits per heavy atom. The highest BCUT2D eigenvalue weighted by atomic mass is 35.5. The number of rotatable bonds is 4. The first-order chi connectivity index (χ1) is 9.60. The minimum atomic E-state index is 0.555. The van der Waals surface area contributed by atoms with E-state index in [9.17, 15) is 0 Å². The minimum Gasteiger partial charge on any atom is -0.326 e. The van der Waals surface area contributed by atoms with Crippen LogP contribution in [0.3, 0.4) is 0 Å². The van der Waals surface area contributed by atoms with E-state index in [-0.39, 0.29) is 0 Å². The molecular weight excluding hydrogens is 268 g/mol. The highest BCUT2D eigenvalue weighted by Gasteiger charge is 2.19. The van der Waals surface area contributed by atoms with Crippen LogP contribution in [0.4, 0.5) is 0 Å². The Labute approximate surface area is 128 Å². The molecule has 1 aromatic carbocycles. The SMILES string of the molecule is CC(C)C1CCCN(Cc2ccc(CN)cc2Cl)CC1. The third-order valence-electron chi connectivity index (χ3n) is 4.56. The molecule has 0 bridgehead atoms.